The van der Waals surface area contributed by atoms with Gasteiger partial charge in [-0.3, -0.25) is 0 Å². The van der Waals surface area contributed by atoms with Crippen LogP contribution in [0.3, 0.4) is 0 Å². The Bertz CT molecular complexity index is 975. The molecule has 0 unspecified atom stereocenters. The third-order valence-electron chi connectivity index (χ3n) is 3.98. The molecule has 0 saturated heterocycles. The van der Waals surface area contributed by atoms with E-state index >= 15 is 0 Å². The van der Waals surface area contributed by atoms with Crippen LogP contribution >= 0.6 is 0 Å². The molecule has 0 spiro atoms. The maximum Gasteiger partial charge on any atom is 0.343 e. The number of rotatable bonds is 6. The van der Waals surface area contributed by atoms with Crippen LogP contribution in [-0.2, 0) is 11.3 Å². The average Bonchev–Trinajstić information content (AvgIpc) is 3.08. The molecular weight excluding hydrogens is 362 g/mol. The number of carbonyl (C=O) groups excluding carboxylic acids is 1. The summed E-state index contributed by atoms with van der Waals surface area (Å²) in [4.78, 5) is 16.8. The quantitative estimate of drug-likeness (QED) is 0.436. The van der Waals surface area contributed by atoms with Gasteiger partial charge >= 0.3 is 5.97 Å². The summed E-state index contributed by atoms with van der Waals surface area (Å²) in [6.45, 7) is 4.92. The number of nitrogens with zero attached hydrogens (tertiary/aromatic N) is 2. The zero-order chi connectivity index (χ0) is 20.1. The topological polar surface area (TPSA) is 44.1 Å². The van der Waals surface area contributed by atoms with Crippen LogP contribution < -0.4 is 0 Å². The van der Waals surface area contributed by atoms with Crippen LogP contribution in [0.1, 0.15) is 35.6 Å². The number of hydrogen-bond acceptors (Lipinski definition) is 3. The van der Waals surface area contributed by atoms with Gasteiger partial charge < -0.3 is 9.30 Å². The molecule has 3 aromatic rings. The standard InChI is InChI=1S/C22H20F2N2O2/c1-15(2)14-26-12-11-25-21(26)13-20(16-3-7-18(23)8-4-16)28-22(27)17-5-9-19(24)10-6-17/h3-13,15H,14H2,1-2H3/b20-13+. The highest BCUT2D eigenvalue weighted by Gasteiger charge is 2.14. The Morgan fingerprint density at radius 3 is 2.18 bits per heavy atom. The molecule has 0 atom stereocenters. The number of aromatic nitrogens is 2. The lowest BCUT2D eigenvalue weighted by Gasteiger charge is -2.12. The normalized spacial score (nSPS) is 11.7. The summed E-state index contributed by atoms with van der Waals surface area (Å²) in [5.41, 5.74) is 0.732. The molecule has 0 N–H and O–H groups in total. The number of carbonyl (C=O) groups is 1. The van der Waals surface area contributed by atoms with Crippen molar-refractivity contribution >= 4 is 17.8 Å². The highest BCUT2D eigenvalue weighted by Crippen LogP contribution is 2.22. The number of esters is 1. The summed E-state index contributed by atoms with van der Waals surface area (Å²) in [7, 11) is 0. The maximum atomic E-state index is 13.3. The van der Waals surface area contributed by atoms with Gasteiger partial charge in [0.05, 0.1) is 5.56 Å². The SMILES string of the molecule is CC(C)Cn1ccnc1/C=C(/OC(=O)c1ccc(F)cc1)c1ccc(F)cc1. The number of imidazole rings is 1. The fourth-order valence-electron chi connectivity index (χ4n) is 2.66. The number of halogens is 2. The molecule has 4 nitrogen and oxygen atoms in total. The molecule has 3 rings (SSSR count). The average molecular weight is 382 g/mol. The Morgan fingerprint density at radius 2 is 1.61 bits per heavy atom. The second-order valence-corrected chi connectivity index (χ2v) is 6.74. The van der Waals surface area contributed by atoms with Crippen LogP contribution in [0.2, 0.25) is 0 Å². The van der Waals surface area contributed by atoms with Crippen molar-refractivity contribution in [2.24, 2.45) is 5.92 Å². The molecule has 28 heavy (non-hydrogen) atoms. The van der Waals surface area contributed by atoms with Crippen molar-refractivity contribution < 1.29 is 18.3 Å². The number of benzene rings is 2. The largest absolute Gasteiger partial charge is 0.422 e. The van der Waals surface area contributed by atoms with Crippen molar-refractivity contribution in [3.63, 3.8) is 0 Å². The Labute approximate surface area is 162 Å². The summed E-state index contributed by atoms with van der Waals surface area (Å²) in [5, 5.41) is 0. The first-order valence-corrected chi connectivity index (χ1v) is 8.89. The van der Waals surface area contributed by atoms with E-state index in [1.54, 1.807) is 12.3 Å². The van der Waals surface area contributed by atoms with Crippen molar-refractivity contribution in [2.75, 3.05) is 0 Å². The fraction of sp³-hybridized carbons (Fsp3) is 0.182. The minimum Gasteiger partial charge on any atom is -0.422 e. The monoisotopic (exact) mass is 382 g/mol. The van der Waals surface area contributed by atoms with Gasteiger partial charge in [-0.15, -0.1) is 0 Å². The molecule has 0 aliphatic rings. The minimum absolute atomic E-state index is 0.208. The third-order valence-corrected chi connectivity index (χ3v) is 3.98. The smallest absolute Gasteiger partial charge is 0.343 e. The molecule has 0 amide bonds. The third kappa shape index (κ3) is 4.91. The van der Waals surface area contributed by atoms with Gasteiger partial charge in [-0.2, -0.15) is 0 Å². The lowest BCUT2D eigenvalue weighted by Crippen LogP contribution is -2.08. The first-order chi connectivity index (χ1) is 13.4. The van der Waals surface area contributed by atoms with Gasteiger partial charge in [-0.1, -0.05) is 13.8 Å². The minimum atomic E-state index is -0.641. The molecule has 0 saturated carbocycles. The van der Waals surface area contributed by atoms with Crippen LogP contribution in [0.15, 0.2) is 60.9 Å². The Kier molecular flexibility index (Phi) is 5.99. The van der Waals surface area contributed by atoms with E-state index in [1.165, 1.54) is 48.5 Å². The molecule has 0 radical (unpaired) electrons. The predicted octanol–water partition coefficient (Wildman–Crippen LogP) is 5.17. The first-order valence-electron chi connectivity index (χ1n) is 8.89. The summed E-state index contributed by atoms with van der Waals surface area (Å²) in [5.74, 6) is -0.240. The second-order valence-electron chi connectivity index (χ2n) is 6.74. The van der Waals surface area contributed by atoms with Gasteiger partial charge in [0.15, 0.2) is 0 Å². The molecular formula is C22H20F2N2O2. The van der Waals surface area contributed by atoms with Crippen molar-refractivity contribution in [1.29, 1.82) is 0 Å². The van der Waals surface area contributed by atoms with Gasteiger partial charge in [-0.25, -0.2) is 18.6 Å². The first kappa shape index (κ1) is 19.5. The molecule has 2 aromatic carbocycles. The zero-order valence-corrected chi connectivity index (χ0v) is 15.6. The van der Waals surface area contributed by atoms with E-state index in [9.17, 15) is 13.6 Å². The lowest BCUT2D eigenvalue weighted by molar-refractivity contribution is 0.0693. The molecule has 0 aliphatic carbocycles. The van der Waals surface area contributed by atoms with E-state index in [0.717, 1.165) is 6.54 Å². The molecule has 144 valence electrons. The van der Waals surface area contributed by atoms with E-state index in [-0.39, 0.29) is 11.3 Å². The van der Waals surface area contributed by atoms with E-state index in [1.807, 2.05) is 10.8 Å². The number of hydrogen-bond donors (Lipinski definition) is 0. The van der Waals surface area contributed by atoms with Crippen LogP contribution in [0.25, 0.3) is 11.8 Å². The Balaban J connectivity index is 1.96. The molecule has 0 aliphatic heterocycles. The lowest BCUT2D eigenvalue weighted by atomic mass is 10.1. The Morgan fingerprint density at radius 1 is 1.04 bits per heavy atom. The summed E-state index contributed by atoms with van der Waals surface area (Å²) in [6.07, 6.45) is 5.14. The van der Waals surface area contributed by atoms with Gasteiger partial charge in [0, 0.05) is 30.6 Å². The van der Waals surface area contributed by atoms with Crippen LogP contribution in [0.4, 0.5) is 8.78 Å². The fourth-order valence-corrected chi connectivity index (χ4v) is 2.66. The van der Waals surface area contributed by atoms with E-state index in [0.29, 0.717) is 17.3 Å². The van der Waals surface area contributed by atoms with E-state index in [2.05, 4.69) is 18.8 Å². The molecule has 1 aromatic heterocycles. The number of ether oxygens (including phenoxy) is 1. The van der Waals surface area contributed by atoms with Crippen LogP contribution in [0.5, 0.6) is 0 Å². The van der Waals surface area contributed by atoms with Crippen LogP contribution in [-0.4, -0.2) is 15.5 Å². The highest BCUT2D eigenvalue weighted by atomic mass is 19.1. The second kappa shape index (κ2) is 8.61. The summed E-state index contributed by atoms with van der Waals surface area (Å²) >= 11 is 0. The molecule has 0 bridgehead atoms. The molecule has 6 heteroatoms. The van der Waals surface area contributed by atoms with Crippen molar-refractivity contribution in [1.82, 2.24) is 9.55 Å². The van der Waals surface area contributed by atoms with Gasteiger partial charge in [0.1, 0.15) is 23.2 Å². The molecule has 1 heterocycles. The summed E-state index contributed by atoms with van der Waals surface area (Å²) < 4.78 is 33.9. The zero-order valence-electron chi connectivity index (χ0n) is 15.6. The predicted molar refractivity (Wildman–Crippen MR) is 103 cm³/mol. The summed E-state index contributed by atoms with van der Waals surface area (Å²) in [6, 6.07) is 10.7. The molecule has 0 fully saturated rings. The van der Waals surface area contributed by atoms with Gasteiger partial charge in [0.2, 0.25) is 0 Å². The van der Waals surface area contributed by atoms with Crippen molar-refractivity contribution in [3.8, 4) is 0 Å². The van der Waals surface area contributed by atoms with Crippen molar-refractivity contribution in [2.45, 2.75) is 20.4 Å². The van der Waals surface area contributed by atoms with Crippen LogP contribution in [0, 0.1) is 17.6 Å². The maximum absolute atomic E-state index is 13.3. The van der Waals surface area contributed by atoms with E-state index in [4.69, 9.17) is 4.74 Å². The highest BCUT2D eigenvalue weighted by molar-refractivity contribution is 5.95. The van der Waals surface area contributed by atoms with Gasteiger partial charge in [0.25, 0.3) is 0 Å². The van der Waals surface area contributed by atoms with E-state index < -0.39 is 17.6 Å². The van der Waals surface area contributed by atoms with Gasteiger partial charge in [-0.05, 0) is 54.4 Å². The van der Waals surface area contributed by atoms with Crippen molar-refractivity contribution in [3.05, 3.63) is 89.5 Å². The Hall–Kier alpha value is -3.28.